The van der Waals surface area contributed by atoms with Gasteiger partial charge in [0.25, 0.3) is 5.91 Å². The number of amides is 1. The van der Waals surface area contributed by atoms with Crippen molar-refractivity contribution < 1.29 is 4.79 Å². The Balaban J connectivity index is 1.72. The molecule has 1 aliphatic carbocycles. The van der Waals surface area contributed by atoms with Gasteiger partial charge in [0.2, 0.25) is 0 Å². The third-order valence-corrected chi connectivity index (χ3v) is 4.74. The van der Waals surface area contributed by atoms with Crippen LogP contribution in [-0.4, -0.2) is 31.7 Å². The van der Waals surface area contributed by atoms with E-state index in [1.807, 2.05) is 18.2 Å². The van der Waals surface area contributed by atoms with Gasteiger partial charge in [0.15, 0.2) is 5.69 Å². The van der Waals surface area contributed by atoms with Gasteiger partial charge in [-0.25, -0.2) is 4.68 Å². The standard InChI is InChI=1S/C19H18ClN5O/c20-13-7-8-16(22-11-13)18-10-17(19(26)23-14-4-1-2-5-14)24-25(18)15-6-3-9-21-12-15/h3,6-12,14H,1-2,4-5H2,(H,23,26). The quantitative estimate of drug-likeness (QED) is 0.763. The second-order valence-corrected chi connectivity index (χ2v) is 6.79. The van der Waals surface area contributed by atoms with Crippen LogP contribution >= 0.6 is 11.6 Å². The van der Waals surface area contributed by atoms with Crippen LogP contribution in [0.25, 0.3) is 17.1 Å². The fraction of sp³-hybridized carbons (Fsp3) is 0.263. The molecular formula is C19H18ClN5O. The number of rotatable bonds is 4. The van der Waals surface area contributed by atoms with Gasteiger partial charge < -0.3 is 5.32 Å². The molecule has 0 saturated heterocycles. The molecule has 1 fully saturated rings. The van der Waals surface area contributed by atoms with Crippen molar-refractivity contribution in [2.75, 3.05) is 0 Å². The molecule has 3 heterocycles. The van der Waals surface area contributed by atoms with E-state index in [0.29, 0.717) is 22.1 Å². The van der Waals surface area contributed by atoms with Crippen LogP contribution in [0.5, 0.6) is 0 Å². The predicted molar refractivity (Wildman–Crippen MR) is 99.3 cm³/mol. The van der Waals surface area contributed by atoms with Crippen LogP contribution in [0.15, 0.2) is 48.9 Å². The van der Waals surface area contributed by atoms with Crippen molar-refractivity contribution in [1.82, 2.24) is 25.1 Å². The summed E-state index contributed by atoms with van der Waals surface area (Å²) in [7, 11) is 0. The van der Waals surface area contributed by atoms with Crippen LogP contribution in [0.4, 0.5) is 0 Å². The van der Waals surface area contributed by atoms with Gasteiger partial charge in [-0.2, -0.15) is 5.10 Å². The molecule has 7 heteroatoms. The zero-order valence-electron chi connectivity index (χ0n) is 14.1. The highest BCUT2D eigenvalue weighted by atomic mass is 35.5. The normalized spacial score (nSPS) is 14.5. The van der Waals surface area contributed by atoms with Crippen molar-refractivity contribution in [1.29, 1.82) is 0 Å². The molecule has 1 saturated carbocycles. The molecule has 0 spiro atoms. The molecule has 1 N–H and O–H groups in total. The van der Waals surface area contributed by atoms with E-state index in [-0.39, 0.29) is 11.9 Å². The zero-order chi connectivity index (χ0) is 17.9. The molecule has 1 aliphatic rings. The summed E-state index contributed by atoms with van der Waals surface area (Å²) in [5, 5.41) is 8.14. The maximum absolute atomic E-state index is 12.6. The Hall–Kier alpha value is -2.73. The number of carbonyl (C=O) groups excluding carboxylic acids is 1. The van der Waals surface area contributed by atoms with Gasteiger partial charge >= 0.3 is 0 Å². The van der Waals surface area contributed by atoms with Crippen LogP contribution in [0, 0.1) is 0 Å². The SMILES string of the molecule is O=C(NC1CCCC1)c1cc(-c2ccc(Cl)cn2)n(-c2cccnc2)n1. The van der Waals surface area contributed by atoms with E-state index in [2.05, 4.69) is 20.4 Å². The predicted octanol–water partition coefficient (Wildman–Crippen LogP) is 3.66. The minimum absolute atomic E-state index is 0.158. The lowest BCUT2D eigenvalue weighted by atomic mass is 10.2. The molecule has 0 atom stereocenters. The van der Waals surface area contributed by atoms with Crippen LogP contribution in [0.1, 0.15) is 36.2 Å². The van der Waals surface area contributed by atoms with Crippen LogP contribution < -0.4 is 5.32 Å². The van der Waals surface area contributed by atoms with E-state index in [0.717, 1.165) is 31.4 Å². The summed E-state index contributed by atoms with van der Waals surface area (Å²) in [6.45, 7) is 0. The summed E-state index contributed by atoms with van der Waals surface area (Å²) >= 11 is 5.95. The fourth-order valence-corrected chi connectivity index (χ4v) is 3.32. The minimum atomic E-state index is -0.158. The Morgan fingerprint density at radius 1 is 1.19 bits per heavy atom. The summed E-state index contributed by atoms with van der Waals surface area (Å²) in [5.74, 6) is -0.158. The van der Waals surface area contributed by atoms with Crippen LogP contribution in [0.2, 0.25) is 5.02 Å². The molecule has 0 bridgehead atoms. The van der Waals surface area contributed by atoms with E-state index >= 15 is 0 Å². The van der Waals surface area contributed by atoms with Crippen molar-refractivity contribution in [3.05, 3.63) is 59.6 Å². The lowest BCUT2D eigenvalue weighted by molar-refractivity contribution is 0.0932. The lowest BCUT2D eigenvalue weighted by Crippen LogP contribution is -2.32. The number of pyridine rings is 2. The Labute approximate surface area is 156 Å². The third kappa shape index (κ3) is 3.46. The first-order chi connectivity index (χ1) is 12.7. The number of nitrogens with zero attached hydrogens (tertiary/aromatic N) is 4. The average molecular weight is 368 g/mol. The number of halogens is 1. The van der Waals surface area contributed by atoms with Gasteiger partial charge in [-0.05, 0) is 43.2 Å². The van der Waals surface area contributed by atoms with Crippen molar-refractivity contribution in [2.24, 2.45) is 0 Å². The van der Waals surface area contributed by atoms with Crippen LogP contribution in [-0.2, 0) is 0 Å². The van der Waals surface area contributed by atoms with E-state index in [4.69, 9.17) is 11.6 Å². The first-order valence-electron chi connectivity index (χ1n) is 8.64. The van der Waals surface area contributed by atoms with E-state index in [1.165, 1.54) is 0 Å². The number of carbonyl (C=O) groups is 1. The highest BCUT2D eigenvalue weighted by molar-refractivity contribution is 6.30. The smallest absolute Gasteiger partial charge is 0.272 e. The summed E-state index contributed by atoms with van der Waals surface area (Å²) in [4.78, 5) is 21.1. The maximum atomic E-state index is 12.6. The van der Waals surface area contributed by atoms with Crippen molar-refractivity contribution in [3.8, 4) is 17.1 Å². The largest absolute Gasteiger partial charge is 0.348 e. The second-order valence-electron chi connectivity index (χ2n) is 6.35. The number of hydrogen-bond donors (Lipinski definition) is 1. The number of nitrogens with one attached hydrogen (secondary N) is 1. The third-order valence-electron chi connectivity index (χ3n) is 4.51. The van der Waals surface area contributed by atoms with Gasteiger partial charge in [-0.15, -0.1) is 0 Å². The summed E-state index contributed by atoms with van der Waals surface area (Å²) < 4.78 is 1.69. The monoisotopic (exact) mass is 367 g/mol. The lowest BCUT2D eigenvalue weighted by Gasteiger charge is -2.09. The molecule has 0 unspecified atom stereocenters. The van der Waals surface area contributed by atoms with Gasteiger partial charge in [-0.1, -0.05) is 24.4 Å². The van der Waals surface area contributed by atoms with Gasteiger partial charge in [0, 0.05) is 18.4 Å². The van der Waals surface area contributed by atoms with Gasteiger partial charge in [0.1, 0.15) is 0 Å². The van der Waals surface area contributed by atoms with E-state index < -0.39 is 0 Å². The Morgan fingerprint density at radius 2 is 2.04 bits per heavy atom. The first-order valence-corrected chi connectivity index (χ1v) is 9.02. The molecule has 3 aromatic rings. The zero-order valence-corrected chi connectivity index (χ0v) is 14.9. The molecular weight excluding hydrogens is 350 g/mol. The number of hydrogen-bond acceptors (Lipinski definition) is 4. The van der Waals surface area contributed by atoms with E-state index in [9.17, 15) is 4.79 Å². The molecule has 6 nitrogen and oxygen atoms in total. The Morgan fingerprint density at radius 3 is 2.73 bits per heavy atom. The second kappa shape index (κ2) is 7.25. The Kier molecular flexibility index (Phi) is 4.67. The van der Waals surface area contributed by atoms with Crippen molar-refractivity contribution in [2.45, 2.75) is 31.7 Å². The van der Waals surface area contributed by atoms with Crippen molar-refractivity contribution in [3.63, 3.8) is 0 Å². The highest BCUT2D eigenvalue weighted by Gasteiger charge is 2.22. The molecule has 0 radical (unpaired) electrons. The molecule has 0 aliphatic heterocycles. The molecule has 1 amide bonds. The molecule has 0 aromatic carbocycles. The highest BCUT2D eigenvalue weighted by Crippen LogP contribution is 2.24. The summed E-state index contributed by atoms with van der Waals surface area (Å²) in [6.07, 6.45) is 9.35. The molecule has 132 valence electrons. The van der Waals surface area contributed by atoms with E-state index in [1.54, 1.807) is 35.4 Å². The van der Waals surface area contributed by atoms with Gasteiger partial charge in [0.05, 0.1) is 28.3 Å². The summed E-state index contributed by atoms with van der Waals surface area (Å²) in [6, 6.07) is 9.29. The maximum Gasteiger partial charge on any atom is 0.272 e. The Bertz CT molecular complexity index is 901. The fourth-order valence-electron chi connectivity index (χ4n) is 3.21. The first kappa shape index (κ1) is 16.7. The minimum Gasteiger partial charge on any atom is -0.348 e. The molecule has 26 heavy (non-hydrogen) atoms. The topological polar surface area (TPSA) is 72.7 Å². The van der Waals surface area contributed by atoms with Gasteiger partial charge in [-0.3, -0.25) is 14.8 Å². The molecule has 4 rings (SSSR count). The summed E-state index contributed by atoms with van der Waals surface area (Å²) in [5.41, 5.74) is 2.53. The van der Waals surface area contributed by atoms with Crippen LogP contribution in [0.3, 0.4) is 0 Å². The molecule has 3 aromatic heterocycles. The number of aromatic nitrogens is 4. The average Bonchev–Trinajstić information content (AvgIpc) is 3.33. The van der Waals surface area contributed by atoms with Crippen molar-refractivity contribution >= 4 is 17.5 Å².